The zero-order valence-corrected chi connectivity index (χ0v) is 7.06. The van der Waals surface area contributed by atoms with E-state index < -0.39 is 5.82 Å². The van der Waals surface area contributed by atoms with Gasteiger partial charge in [-0.25, -0.2) is 4.39 Å². The Morgan fingerprint density at radius 2 is 2.31 bits per heavy atom. The van der Waals surface area contributed by atoms with Crippen LogP contribution in [0.4, 0.5) is 10.1 Å². The standard InChI is InChI=1S/C9H8FNO2/c1-13-6-2-5-3-8(12)11-9(5)7(10)4-6/h2,4H,3H2,1H3,(H,11,12). The number of anilines is 1. The first-order chi connectivity index (χ1) is 6.20. The van der Waals surface area contributed by atoms with Gasteiger partial charge in [-0.15, -0.1) is 0 Å². The van der Waals surface area contributed by atoms with Crippen molar-refractivity contribution in [3.63, 3.8) is 0 Å². The maximum atomic E-state index is 13.2. The van der Waals surface area contributed by atoms with Gasteiger partial charge in [-0.05, 0) is 11.6 Å². The fourth-order valence-electron chi connectivity index (χ4n) is 1.39. The van der Waals surface area contributed by atoms with E-state index in [0.717, 1.165) is 0 Å². The maximum Gasteiger partial charge on any atom is 0.228 e. The van der Waals surface area contributed by atoms with Crippen LogP contribution in [-0.2, 0) is 11.2 Å². The van der Waals surface area contributed by atoms with Crippen LogP contribution in [-0.4, -0.2) is 13.0 Å². The molecule has 0 unspecified atom stereocenters. The highest BCUT2D eigenvalue weighted by Crippen LogP contribution is 2.30. The van der Waals surface area contributed by atoms with Crippen molar-refractivity contribution in [1.29, 1.82) is 0 Å². The zero-order chi connectivity index (χ0) is 9.42. The van der Waals surface area contributed by atoms with Crippen LogP contribution < -0.4 is 10.1 Å². The molecule has 3 nitrogen and oxygen atoms in total. The predicted octanol–water partition coefficient (Wildman–Crippen LogP) is 1.33. The summed E-state index contributed by atoms with van der Waals surface area (Å²) in [5.41, 5.74) is 0.938. The third-order valence-electron chi connectivity index (χ3n) is 2.00. The van der Waals surface area contributed by atoms with Crippen molar-refractivity contribution in [1.82, 2.24) is 0 Å². The predicted molar refractivity (Wildman–Crippen MR) is 45.3 cm³/mol. The van der Waals surface area contributed by atoms with E-state index in [1.165, 1.54) is 13.2 Å². The molecule has 0 aromatic heterocycles. The smallest absolute Gasteiger partial charge is 0.228 e. The highest BCUT2D eigenvalue weighted by molar-refractivity contribution is 5.99. The van der Waals surface area contributed by atoms with Crippen molar-refractivity contribution >= 4 is 11.6 Å². The summed E-state index contributed by atoms with van der Waals surface area (Å²) in [4.78, 5) is 10.9. The second kappa shape index (κ2) is 2.73. The van der Waals surface area contributed by atoms with Gasteiger partial charge in [0.05, 0.1) is 19.2 Å². The lowest BCUT2D eigenvalue weighted by Crippen LogP contribution is -2.04. The molecule has 0 atom stereocenters. The van der Waals surface area contributed by atoms with Crippen LogP contribution in [0.5, 0.6) is 5.75 Å². The molecule has 2 rings (SSSR count). The number of carbonyl (C=O) groups is 1. The Labute approximate surface area is 74.5 Å². The largest absolute Gasteiger partial charge is 0.497 e. The van der Waals surface area contributed by atoms with Crippen molar-refractivity contribution in [3.05, 3.63) is 23.5 Å². The molecular formula is C9H8FNO2. The molecule has 0 saturated carbocycles. The Morgan fingerprint density at radius 3 is 3.00 bits per heavy atom. The number of hydrogen-bond donors (Lipinski definition) is 1. The van der Waals surface area contributed by atoms with Gasteiger partial charge in [0.2, 0.25) is 5.91 Å². The Morgan fingerprint density at radius 1 is 1.54 bits per heavy atom. The van der Waals surface area contributed by atoms with Gasteiger partial charge in [0.1, 0.15) is 5.75 Å². The van der Waals surface area contributed by atoms with Crippen LogP contribution in [0.3, 0.4) is 0 Å². The number of hydrogen-bond acceptors (Lipinski definition) is 2. The monoisotopic (exact) mass is 181 g/mol. The third kappa shape index (κ3) is 1.24. The van der Waals surface area contributed by atoms with E-state index in [9.17, 15) is 9.18 Å². The van der Waals surface area contributed by atoms with Crippen LogP contribution in [0.25, 0.3) is 0 Å². The summed E-state index contributed by atoms with van der Waals surface area (Å²) in [6.07, 6.45) is 0.226. The summed E-state index contributed by atoms with van der Waals surface area (Å²) in [5.74, 6) is -0.185. The number of nitrogens with one attached hydrogen (secondary N) is 1. The molecule has 1 amide bonds. The molecule has 1 aromatic rings. The third-order valence-corrected chi connectivity index (χ3v) is 2.00. The minimum Gasteiger partial charge on any atom is -0.497 e. The van der Waals surface area contributed by atoms with E-state index in [1.807, 2.05) is 0 Å². The minimum absolute atomic E-state index is 0.179. The van der Waals surface area contributed by atoms with Gasteiger partial charge >= 0.3 is 0 Å². The summed E-state index contributed by atoms with van der Waals surface area (Å²) in [5, 5.41) is 2.45. The molecule has 0 fully saturated rings. The molecule has 13 heavy (non-hydrogen) atoms. The molecule has 0 aliphatic carbocycles. The van der Waals surface area contributed by atoms with Crippen molar-refractivity contribution < 1.29 is 13.9 Å². The van der Waals surface area contributed by atoms with Crippen LogP contribution in [0.2, 0.25) is 0 Å². The molecule has 1 N–H and O–H groups in total. The normalized spacial score (nSPS) is 13.8. The first kappa shape index (κ1) is 8.04. The fourth-order valence-corrected chi connectivity index (χ4v) is 1.39. The Kier molecular flexibility index (Phi) is 1.69. The molecule has 1 heterocycles. The molecule has 1 aliphatic heterocycles. The highest BCUT2D eigenvalue weighted by Gasteiger charge is 2.21. The van der Waals surface area contributed by atoms with E-state index in [2.05, 4.69) is 5.32 Å². The number of fused-ring (bicyclic) bond motifs is 1. The van der Waals surface area contributed by atoms with E-state index in [-0.39, 0.29) is 18.0 Å². The molecule has 0 saturated heterocycles. The average Bonchev–Trinajstić information content (AvgIpc) is 2.46. The molecular weight excluding hydrogens is 173 g/mol. The van der Waals surface area contributed by atoms with Gasteiger partial charge in [-0.1, -0.05) is 0 Å². The quantitative estimate of drug-likeness (QED) is 0.709. The second-order valence-corrected chi connectivity index (χ2v) is 2.87. The Balaban J connectivity index is 2.52. The van der Waals surface area contributed by atoms with Crippen molar-refractivity contribution in [2.45, 2.75) is 6.42 Å². The van der Waals surface area contributed by atoms with E-state index in [4.69, 9.17) is 4.74 Å². The summed E-state index contributed by atoms with van der Waals surface area (Å²) in [7, 11) is 1.46. The second-order valence-electron chi connectivity index (χ2n) is 2.87. The summed E-state index contributed by atoms with van der Waals surface area (Å²) in [6, 6.07) is 2.92. The van der Waals surface area contributed by atoms with E-state index >= 15 is 0 Å². The van der Waals surface area contributed by atoms with Crippen LogP contribution >= 0.6 is 0 Å². The van der Waals surface area contributed by atoms with Gasteiger partial charge in [0.25, 0.3) is 0 Å². The number of amides is 1. The van der Waals surface area contributed by atoms with Crippen molar-refractivity contribution in [2.24, 2.45) is 0 Å². The average molecular weight is 181 g/mol. The first-order valence-electron chi connectivity index (χ1n) is 3.87. The van der Waals surface area contributed by atoms with Crippen LogP contribution in [0.1, 0.15) is 5.56 Å². The van der Waals surface area contributed by atoms with Crippen LogP contribution in [0.15, 0.2) is 12.1 Å². The van der Waals surface area contributed by atoms with E-state index in [1.54, 1.807) is 6.07 Å². The number of ether oxygens (including phenoxy) is 1. The number of halogens is 1. The van der Waals surface area contributed by atoms with Gasteiger partial charge in [0.15, 0.2) is 5.82 Å². The number of benzene rings is 1. The lowest BCUT2D eigenvalue weighted by molar-refractivity contribution is -0.115. The van der Waals surface area contributed by atoms with Gasteiger partial charge < -0.3 is 10.1 Å². The summed E-state index contributed by atoms with van der Waals surface area (Å²) < 4.78 is 18.1. The Hall–Kier alpha value is -1.58. The van der Waals surface area contributed by atoms with Gasteiger partial charge in [0, 0.05) is 6.07 Å². The summed E-state index contributed by atoms with van der Waals surface area (Å²) in [6.45, 7) is 0. The SMILES string of the molecule is COc1cc(F)c2c(c1)CC(=O)N2. The van der Waals surface area contributed by atoms with Crippen molar-refractivity contribution in [2.75, 3.05) is 12.4 Å². The lowest BCUT2D eigenvalue weighted by atomic mass is 10.1. The van der Waals surface area contributed by atoms with Gasteiger partial charge in [-0.2, -0.15) is 0 Å². The molecule has 1 aliphatic rings. The molecule has 1 aromatic carbocycles. The molecule has 0 radical (unpaired) electrons. The van der Waals surface area contributed by atoms with E-state index in [0.29, 0.717) is 11.3 Å². The lowest BCUT2D eigenvalue weighted by Gasteiger charge is -2.03. The van der Waals surface area contributed by atoms with Crippen LogP contribution in [0, 0.1) is 5.82 Å². The van der Waals surface area contributed by atoms with Gasteiger partial charge in [-0.3, -0.25) is 4.79 Å². The van der Waals surface area contributed by atoms with Crippen molar-refractivity contribution in [3.8, 4) is 5.75 Å². The number of carbonyl (C=O) groups excluding carboxylic acids is 1. The zero-order valence-electron chi connectivity index (χ0n) is 7.06. The number of rotatable bonds is 1. The number of methoxy groups -OCH3 is 1. The molecule has 0 bridgehead atoms. The topological polar surface area (TPSA) is 38.3 Å². The molecule has 4 heteroatoms. The Bertz CT molecular complexity index is 376. The summed E-state index contributed by atoms with van der Waals surface area (Å²) >= 11 is 0. The maximum absolute atomic E-state index is 13.2. The first-order valence-corrected chi connectivity index (χ1v) is 3.87. The fraction of sp³-hybridized carbons (Fsp3) is 0.222. The molecule has 0 spiro atoms. The highest BCUT2D eigenvalue weighted by atomic mass is 19.1. The minimum atomic E-state index is -0.444. The molecule has 68 valence electrons.